The van der Waals surface area contributed by atoms with Gasteiger partial charge in [0.2, 0.25) is 10.0 Å². The molecule has 0 spiro atoms. The van der Waals surface area contributed by atoms with Gasteiger partial charge >= 0.3 is 5.97 Å². The monoisotopic (exact) mass is 313 g/mol. The maximum Gasteiger partial charge on any atom is 0.326 e. The Kier molecular flexibility index (Phi) is 3.29. The number of fused-ring (bicyclic) bond motifs is 1. The zero-order valence-electron chi connectivity index (χ0n) is 11.3. The van der Waals surface area contributed by atoms with E-state index in [-0.39, 0.29) is 12.8 Å². The molecular weight excluding hydrogens is 297 g/mol. The number of nitrogens with one attached hydrogen (secondary N) is 1. The quantitative estimate of drug-likeness (QED) is 0.887. The molecule has 0 amide bonds. The van der Waals surface area contributed by atoms with E-state index < -0.39 is 32.6 Å². The van der Waals surface area contributed by atoms with Crippen molar-refractivity contribution in [1.29, 1.82) is 0 Å². The molecule has 0 radical (unpaired) electrons. The Morgan fingerprint density at radius 2 is 2.10 bits per heavy atom. The van der Waals surface area contributed by atoms with Crippen LogP contribution in [0.3, 0.4) is 0 Å². The summed E-state index contributed by atoms with van der Waals surface area (Å²) in [7, 11) is -4.00. The molecule has 5 nitrogen and oxygen atoms in total. The molecule has 0 bridgehead atoms. The van der Waals surface area contributed by atoms with Crippen molar-refractivity contribution in [3.8, 4) is 0 Å². The molecule has 1 aromatic carbocycles. The Labute approximate surface area is 122 Å². The lowest BCUT2D eigenvalue weighted by molar-refractivity contribution is -0.142. The Bertz CT molecular complexity index is 697. The zero-order valence-corrected chi connectivity index (χ0v) is 12.1. The van der Waals surface area contributed by atoms with Crippen LogP contribution in [0, 0.1) is 5.82 Å². The lowest BCUT2D eigenvalue weighted by Crippen LogP contribution is -2.57. The van der Waals surface area contributed by atoms with Crippen molar-refractivity contribution < 1.29 is 22.7 Å². The van der Waals surface area contributed by atoms with Crippen molar-refractivity contribution in [3.05, 3.63) is 35.1 Å². The number of sulfonamides is 1. The maximum absolute atomic E-state index is 13.3. The van der Waals surface area contributed by atoms with E-state index in [4.69, 9.17) is 0 Å². The van der Waals surface area contributed by atoms with E-state index in [0.717, 1.165) is 5.56 Å². The molecular formula is C14H16FNO4S. The number of rotatable bonds is 4. The van der Waals surface area contributed by atoms with E-state index in [1.54, 1.807) is 6.07 Å². The van der Waals surface area contributed by atoms with E-state index in [2.05, 4.69) is 4.72 Å². The Hall–Kier alpha value is -1.47. The number of hydrogen-bond acceptors (Lipinski definition) is 3. The average molecular weight is 313 g/mol. The Balaban J connectivity index is 1.89. The largest absolute Gasteiger partial charge is 0.480 e. The van der Waals surface area contributed by atoms with Gasteiger partial charge in [0.05, 0.1) is 0 Å². The Morgan fingerprint density at radius 3 is 2.67 bits per heavy atom. The molecule has 0 aliphatic heterocycles. The van der Waals surface area contributed by atoms with Gasteiger partial charge in [0.15, 0.2) is 4.75 Å². The predicted octanol–water partition coefficient (Wildman–Crippen LogP) is 1.74. The molecule has 1 atom stereocenters. The number of hydrogen-bond donors (Lipinski definition) is 2. The van der Waals surface area contributed by atoms with Gasteiger partial charge < -0.3 is 5.11 Å². The van der Waals surface area contributed by atoms with Gasteiger partial charge in [-0.25, -0.2) is 17.5 Å². The number of aliphatic carboxylic acids is 1. The second-order valence-electron chi connectivity index (χ2n) is 5.71. The van der Waals surface area contributed by atoms with Gasteiger partial charge in [0.1, 0.15) is 5.82 Å². The van der Waals surface area contributed by atoms with E-state index in [9.17, 15) is 22.7 Å². The topological polar surface area (TPSA) is 83.5 Å². The normalized spacial score (nSPS) is 23.4. The summed E-state index contributed by atoms with van der Waals surface area (Å²) in [4.78, 5) is 11.3. The van der Waals surface area contributed by atoms with Crippen molar-refractivity contribution in [2.45, 2.75) is 42.9 Å². The van der Waals surface area contributed by atoms with E-state index in [1.807, 2.05) is 0 Å². The van der Waals surface area contributed by atoms with Crippen LogP contribution in [0.15, 0.2) is 18.2 Å². The minimum Gasteiger partial charge on any atom is -0.480 e. The third kappa shape index (κ3) is 2.15. The van der Waals surface area contributed by atoms with Crippen molar-refractivity contribution in [1.82, 2.24) is 4.72 Å². The molecule has 1 aromatic rings. The predicted molar refractivity (Wildman–Crippen MR) is 73.7 cm³/mol. The lowest BCUT2D eigenvalue weighted by atomic mass is 9.84. The van der Waals surface area contributed by atoms with Crippen LogP contribution in [-0.2, 0) is 21.2 Å². The molecule has 0 aromatic heterocycles. The molecule has 1 fully saturated rings. The summed E-state index contributed by atoms with van der Waals surface area (Å²) in [5, 5.41) is 9.25. The van der Waals surface area contributed by atoms with Crippen molar-refractivity contribution in [3.63, 3.8) is 0 Å². The molecule has 114 valence electrons. The standard InChI is InChI=1S/C14H16FNO4S/c15-10-4-2-9-3-5-12(11(9)8-10)16-21(19,20)14(13(17)18)6-1-7-14/h2,4,8,12,16H,1,3,5-7H2,(H,17,18). The summed E-state index contributed by atoms with van der Waals surface area (Å²) in [6.07, 6.45) is 2.01. The van der Waals surface area contributed by atoms with Gasteiger partial charge in [0, 0.05) is 6.04 Å². The first-order chi connectivity index (χ1) is 9.86. The second-order valence-corrected chi connectivity index (χ2v) is 7.73. The van der Waals surface area contributed by atoms with Crippen LogP contribution in [0.4, 0.5) is 4.39 Å². The average Bonchev–Trinajstić information content (AvgIpc) is 2.68. The summed E-state index contributed by atoms with van der Waals surface area (Å²) >= 11 is 0. The van der Waals surface area contributed by atoms with E-state index in [1.165, 1.54) is 12.1 Å². The van der Waals surface area contributed by atoms with Gasteiger partial charge in [-0.15, -0.1) is 0 Å². The first-order valence-corrected chi connectivity index (χ1v) is 8.38. The highest BCUT2D eigenvalue weighted by atomic mass is 32.2. The van der Waals surface area contributed by atoms with Crippen LogP contribution >= 0.6 is 0 Å². The molecule has 0 saturated heterocycles. The summed E-state index contributed by atoms with van der Waals surface area (Å²) in [6, 6.07) is 3.77. The van der Waals surface area contributed by atoms with Crippen LogP contribution in [0.1, 0.15) is 42.9 Å². The fourth-order valence-electron chi connectivity index (χ4n) is 3.09. The molecule has 3 rings (SSSR count). The smallest absolute Gasteiger partial charge is 0.326 e. The third-order valence-corrected chi connectivity index (χ3v) is 6.75. The SMILES string of the molecule is O=C(O)C1(S(=O)(=O)NC2CCc3ccc(F)cc32)CCC1. The van der Waals surface area contributed by atoms with Crippen LogP contribution in [-0.4, -0.2) is 24.2 Å². The number of carbonyl (C=O) groups is 1. The summed E-state index contributed by atoms with van der Waals surface area (Å²) in [5.41, 5.74) is 1.51. The number of halogens is 1. The highest BCUT2D eigenvalue weighted by molar-refractivity contribution is 7.91. The van der Waals surface area contributed by atoms with E-state index in [0.29, 0.717) is 24.8 Å². The highest BCUT2D eigenvalue weighted by Crippen LogP contribution is 2.41. The molecule has 2 N–H and O–H groups in total. The van der Waals surface area contributed by atoms with Crippen LogP contribution in [0.2, 0.25) is 0 Å². The minimum absolute atomic E-state index is 0.125. The lowest BCUT2D eigenvalue weighted by Gasteiger charge is -2.37. The van der Waals surface area contributed by atoms with Crippen LogP contribution in [0.25, 0.3) is 0 Å². The number of carboxylic acid groups (broad SMARTS) is 1. The first kappa shape index (κ1) is 14.5. The maximum atomic E-state index is 13.3. The van der Waals surface area contributed by atoms with Crippen molar-refractivity contribution >= 4 is 16.0 Å². The van der Waals surface area contributed by atoms with Gasteiger partial charge in [-0.05, 0) is 55.4 Å². The molecule has 21 heavy (non-hydrogen) atoms. The first-order valence-electron chi connectivity index (χ1n) is 6.89. The fourth-order valence-corrected chi connectivity index (χ4v) is 4.99. The van der Waals surface area contributed by atoms with Gasteiger partial charge in [-0.1, -0.05) is 6.07 Å². The Morgan fingerprint density at radius 1 is 1.38 bits per heavy atom. The number of carboxylic acids is 1. The summed E-state index contributed by atoms with van der Waals surface area (Å²) in [5.74, 6) is -1.73. The molecule has 0 heterocycles. The summed E-state index contributed by atoms with van der Waals surface area (Å²) in [6.45, 7) is 0. The van der Waals surface area contributed by atoms with Crippen molar-refractivity contribution in [2.75, 3.05) is 0 Å². The fraction of sp³-hybridized carbons (Fsp3) is 0.500. The van der Waals surface area contributed by atoms with Gasteiger partial charge in [0.25, 0.3) is 0 Å². The van der Waals surface area contributed by atoms with Crippen LogP contribution in [0.5, 0.6) is 0 Å². The third-order valence-electron chi connectivity index (χ3n) is 4.55. The molecule has 2 aliphatic carbocycles. The minimum atomic E-state index is -4.00. The molecule has 7 heteroatoms. The zero-order chi connectivity index (χ0) is 15.3. The summed E-state index contributed by atoms with van der Waals surface area (Å²) < 4.78 is 39.0. The van der Waals surface area contributed by atoms with Gasteiger partial charge in [-0.2, -0.15) is 0 Å². The molecule has 2 aliphatic rings. The van der Waals surface area contributed by atoms with Gasteiger partial charge in [-0.3, -0.25) is 4.79 Å². The van der Waals surface area contributed by atoms with Crippen LogP contribution < -0.4 is 4.72 Å². The number of aryl methyl sites for hydroxylation is 1. The van der Waals surface area contributed by atoms with E-state index >= 15 is 0 Å². The van der Waals surface area contributed by atoms with Crippen molar-refractivity contribution in [2.24, 2.45) is 0 Å². The molecule has 1 unspecified atom stereocenters. The number of benzene rings is 1. The highest BCUT2D eigenvalue weighted by Gasteiger charge is 2.56. The second kappa shape index (κ2) is 4.78. The molecule has 1 saturated carbocycles.